The fourth-order valence-electron chi connectivity index (χ4n) is 16.7. The highest BCUT2D eigenvalue weighted by Crippen LogP contribution is 2.40. The molecule has 0 spiro atoms. The Kier molecular flexibility index (Phi) is 19.2. The molecule has 606 valence electrons. The number of nitrogens with zero attached hydrogens (tertiary/aromatic N) is 10. The van der Waals surface area contributed by atoms with Crippen molar-refractivity contribution in [2.24, 2.45) is 42.3 Å². The monoisotopic (exact) mass is 1610 g/mol. The molecule has 13 aromatic carbocycles. The second-order valence-electron chi connectivity index (χ2n) is 31.0. The molecule has 5 heterocycles. The molecule has 0 aliphatic carbocycles. The van der Waals surface area contributed by atoms with Crippen LogP contribution in [-0.2, 0) is 42.3 Å². The van der Waals surface area contributed by atoms with Gasteiger partial charge in [0.15, 0.2) is 24.3 Å². The van der Waals surface area contributed by atoms with E-state index in [-0.39, 0.29) is 6.17 Å². The molecule has 10 heteroatoms. The molecule has 0 saturated heterocycles. The molecule has 18 rings (SSSR count). The van der Waals surface area contributed by atoms with Crippen molar-refractivity contribution < 1.29 is 43.1 Å². The third kappa shape index (κ3) is 17.3. The van der Waals surface area contributed by atoms with Gasteiger partial charge in [-0.05, 0) is 272 Å². The van der Waals surface area contributed by atoms with Crippen molar-refractivity contribution in [2.75, 3.05) is 11.9 Å². The van der Waals surface area contributed by atoms with E-state index in [4.69, 9.17) is 24.7 Å². The standard InChI is InChI=1S/C30H27N2.C24H25N2.C20H23N2.C19H22N2.C18H19N2/c1-22-21-25(24-11-6-4-7-12-24)17-18-27(22)28-15-10-16-29(23(28)2)30-31(3)19-20-32(30)26-13-8-5-9-14-26;1-16-10-8-11-17(2)23(16)19-12-9-13-20(18(19)3)24-25(4)21-14-6-7-15-22(21)26(24)5;1-14-9-10-17(15(2)13-14)18-7-6-8-19(16(18)3)20-21(4)11-12-22(20)5;1-14-8-5-6-9-17(14)18-10-7-11-19(15(18)2)21-13-12-20(4)16(21)3;1-14-8-4-5-9-16(14)17-10-6-11-18(15(17)2)20-13-7-12-19(20)3/h4-21H,1-3H3;6-15H,1-5H3;6-13H,1-5H3;5-13,16H,1-4H3;4-13H,1-3H3/q3*+1;;+1/i2*1D3;2D3;1D3,4D3;1D3. The molecule has 0 bridgehead atoms. The van der Waals surface area contributed by atoms with Gasteiger partial charge in [0.1, 0.15) is 42.3 Å². The summed E-state index contributed by atoms with van der Waals surface area (Å²) in [5.74, 6) is 3.21. The summed E-state index contributed by atoms with van der Waals surface area (Å²) in [5.41, 5.74) is 27.8. The van der Waals surface area contributed by atoms with E-state index in [9.17, 15) is 0 Å². The minimum absolute atomic E-state index is 0.305. The van der Waals surface area contributed by atoms with Gasteiger partial charge in [0.2, 0.25) is 0 Å². The zero-order valence-corrected chi connectivity index (χ0v) is 71.3. The van der Waals surface area contributed by atoms with Crippen LogP contribution in [0, 0.1) is 82.7 Å². The molecule has 0 N–H and O–H groups in total. The van der Waals surface area contributed by atoms with Gasteiger partial charge in [-0.3, -0.25) is 0 Å². The van der Waals surface area contributed by atoms with Crippen molar-refractivity contribution >= 4 is 16.7 Å². The molecule has 121 heavy (non-hydrogen) atoms. The van der Waals surface area contributed by atoms with Crippen molar-refractivity contribution in [3.63, 3.8) is 0 Å². The average Bonchev–Trinajstić information content (AvgIpc) is 1.66. The van der Waals surface area contributed by atoms with E-state index in [1.807, 2.05) is 314 Å². The van der Waals surface area contributed by atoms with Crippen LogP contribution in [-0.4, -0.2) is 36.4 Å². The van der Waals surface area contributed by atoms with Crippen LogP contribution in [0.3, 0.4) is 0 Å². The second-order valence-corrected chi connectivity index (χ2v) is 31.0. The Morgan fingerprint density at radius 1 is 0.339 bits per heavy atom. The summed E-state index contributed by atoms with van der Waals surface area (Å²) in [4.78, 5) is 3.22. The van der Waals surface area contributed by atoms with Gasteiger partial charge in [-0.1, -0.05) is 230 Å². The van der Waals surface area contributed by atoms with E-state index in [0.29, 0.717) is 33.4 Å². The summed E-state index contributed by atoms with van der Waals surface area (Å²) < 4.78 is 159. The predicted octanol–water partition coefficient (Wildman–Crippen LogP) is 24.4. The Balaban J connectivity index is 0.000000140. The normalized spacial score (nSPS) is 15.0. The van der Waals surface area contributed by atoms with Crippen LogP contribution < -0.4 is 23.3 Å². The fraction of sp³-hybridized carbons (Fsp3) is 0.189. The lowest BCUT2D eigenvalue weighted by Crippen LogP contribution is -2.37. The summed E-state index contributed by atoms with van der Waals surface area (Å²) >= 11 is 0. The van der Waals surface area contributed by atoms with Gasteiger partial charge in [-0.15, -0.1) is 9.36 Å². The topological polar surface area (TPSA) is 41.7 Å². The molecule has 17 aromatic rings. The first-order valence-electron chi connectivity index (χ1n) is 49.6. The van der Waals surface area contributed by atoms with Crippen LogP contribution in [0.25, 0.3) is 123 Å². The summed E-state index contributed by atoms with van der Waals surface area (Å²) in [5, 5.41) is 0. The smallest absolute Gasteiger partial charge is 0.294 e. The third-order valence-corrected chi connectivity index (χ3v) is 23.2. The van der Waals surface area contributed by atoms with Crippen LogP contribution in [0.15, 0.2) is 335 Å². The van der Waals surface area contributed by atoms with Gasteiger partial charge in [-0.25, -0.2) is 22.8 Å². The van der Waals surface area contributed by atoms with Gasteiger partial charge >= 0.3 is 0 Å². The van der Waals surface area contributed by atoms with E-state index >= 15 is 0 Å². The molecule has 1 atom stereocenters. The number of aromatic nitrogens is 8. The van der Waals surface area contributed by atoms with Crippen LogP contribution in [0.5, 0.6) is 0 Å². The van der Waals surface area contributed by atoms with Crippen molar-refractivity contribution in [1.82, 2.24) is 23.3 Å². The predicted molar refractivity (Wildman–Crippen MR) is 506 cm³/mol. The number of benzene rings is 13. The number of fused-ring (bicyclic) bond motifs is 1. The first-order chi connectivity index (χ1) is 65.7. The van der Waals surface area contributed by atoms with Crippen LogP contribution in [0.4, 0.5) is 5.69 Å². The molecule has 1 unspecified atom stereocenters. The van der Waals surface area contributed by atoms with Crippen molar-refractivity contribution in [2.45, 2.75) is 95.8 Å². The molecule has 0 saturated carbocycles. The molecule has 1 aliphatic heterocycles. The van der Waals surface area contributed by atoms with Crippen LogP contribution in [0.2, 0.25) is 0 Å². The van der Waals surface area contributed by atoms with Gasteiger partial charge in [-0.2, -0.15) is 4.57 Å². The van der Waals surface area contributed by atoms with Crippen molar-refractivity contribution in [3.05, 3.63) is 401 Å². The number of aryl methyl sites for hydroxylation is 13. The van der Waals surface area contributed by atoms with E-state index < -0.39 is 41.2 Å². The van der Waals surface area contributed by atoms with Crippen molar-refractivity contribution in [3.8, 4) is 112 Å². The summed E-state index contributed by atoms with van der Waals surface area (Å²) in [6.45, 7) is 2.81. The summed E-state index contributed by atoms with van der Waals surface area (Å²) in [6.07, 6.45) is 15.0. The first-order valence-corrected chi connectivity index (χ1v) is 40.6. The Labute approximate surface area is 743 Å². The Bertz CT molecular complexity index is 7310. The Morgan fingerprint density at radius 2 is 0.810 bits per heavy atom. The van der Waals surface area contributed by atoms with Crippen LogP contribution in [0.1, 0.15) is 98.4 Å². The summed E-state index contributed by atoms with van der Waals surface area (Å²) in [7, 11) is 12.2. The Hall–Kier alpha value is -13.7. The molecule has 4 aromatic heterocycles. The lowest BCUT2D eigenvalue weighted by Gasteiger charge is -2.29. The van der Waals surface area contributed by atoms with E-state index in [1.165, 1.54) is 4.90 Å². The fourth-order valence-corrected chi connectivity index (χ4v) is 16.7. The lowest BCUT2D eigenvalue weighted by molar-refractivity contribution is -0.744. The highest BCUT2D eigenvalue weighted by molar-refractivity contribution is 5.85. The van der Waals surface area contributed by atoms with Crippen molar-refractivity contribution in [1.29, 1.82) is 0 Å². The largest absolute Gasteiger partial charge is 0.359 e. The molecule has 10 nitrogen and oxygen atoms in total. The van der Waals surface area contributed by atoms with Gasteiger partial charge in [0, 0.05) is 55.8 Å². The highest BCUT2D eigenvalue weighted by Gasteiger charge is 2.28. The molecular weight excluding hydrogens is 1470 g/mol. The summed E-state index contributed by atoms with van der Waals surface area (Å²) in [6, 6.07) is 91.6. The number of para-hydroxylation sites is 3. The number of anilines is 1. The van der Waals surface area contributed by atoms with E-state index in [1.54, 1.807) is 48.8 Å². The zero-order chi connectivity index (χ0) is 100. The number of hydrogen-bond donors (Lipinski definition) is 0. The average molecular weight is 1610 g/mol. The Morgan fingerprint density at radius 3 is 1.40 bits per heavy atom. The van der Waals surface area contributed by atoms with E-state index in [2.05, 4.69) is 111 Å². The third-order valence-electron chi connectivity index (χ3n) is 23.2. The second kappa shape index (κ2) is 36.7. The van der Waals surface area contributed by atoms with Crippen LogP contribution >= 0.6 is 0 Å². The minimum Gasteiger partial charge on any atom is -0.359 e. The molecule has 0 amide bonds. The number of rotatable bonds is 12. The minimum atomic E-state index is -2.24. The zero-order valence-electron chi connectivity index (χ0n) is 89.3. The lowest BCUT2D eigenvalue weighted by atomic mass is 9.90. The van der Waals surface area contributed by atoms with Gasteiger partial charge < -0.3 is 9.80 Å². The molecule has 1 aliphatic rings. The van der Waals surface area contributed by atoms with Gasteiger partial charge in [0.05, 0.1) is 58.1 Å². The quantitative estimate of drug-likeness (QED) is 0.114. The first kappa shape index (κ1) is 63.4. The van der Waals surface area contributed by atoms with Gasteiger partial charge in [0.25, 0.3) is 17.5 Å². The number of hydrogen-bond acceptors (Lipinski definition) is 2. The number of imidazole rings is 3. The molecule has 0 fully saturated rings. The molecular formula is C111H116N10+4. The maximum absolute atomic E-state index is 8.29. The van der Waals surface area contributed by atoms with E-state index in [0.717, 1.165) is 162 Å². The molecule has 0 radical (unpaired) electrons. The SMILES string of the molecule is [2H]C([2H])([2H])c1cc(-c2ccccc2)ccc1-c1cccc(-c2n(-c3ccccc3)cc[n+]2C)c1C.[2H]C([2H])([2H])c1cc(C)ccc1-c1cccc(-c2n(C)cc[n+]2C)c1C.[2H]C([2H])([2H])c1cccc(C)c1-c1cccc(-c2n(C)c3ccccc3[n+]2C)c1C.[2H]C([2H])([2H])c1ccccc1-c1cccc(-n2ccc[n+]2C)c1C.[2H]C([2H])([2H])c1ccccc1-c1cccc(N2C=CN(C([2H])([2H])[2H])C2C)c1C. The highest BCUT2D eigenvalue weighted by atomic mass is 15.4. The maximum atomic E-state index is 8.29. The maximum Gasteiger partial charge on any atom is 0.294 e.